The Balaban J connectivity index is 1.95. The van der Waals surface area contributed by atoms with E-state index < -0.39 is 0 Å². The molecule has 1 saturated carbocycles. The maximum atomic E-state index is 3.79. The molecule has 1 aromatic rings. The fourth-order valence-corrected chi connectivity index (χ4v) is 3.33. The Labute approximate surface area is 112 Å². The van der Waals surface area contributed by atoms with E-state index in [0.717, 1.165) is 18.4 Å². The van der Waals surface area contributed by atoms with Crippen molar-refractivity contribution in [3.05, 3.63) is 34.9 Å². The van der Waals surface area contributed by atoms with Crippen LogP contribution in [0.25, 0.3) is 0 Å². The summed E-state index contributed by atoms with van der Waals surface area (Å²) in [6.45, 7) is 10.3. The Bertz CT molecular complexity index is 376. The number of nitrogens with one attached hydrogen (secondary N) is 1. The molecule has 1 aromatic carbocycles. The van der Waals surface area contributed by atoms with Gasteiger partial charge in [0.2, 0.25) is 0 Å². The number of benzene rings is 1. The third-order valence-electron chi connectivity index (χ3n) is 4.62. The predicted molar refractivity (Wildman–Crippen MR) is 78.7 cm³/mol. The molecule has 0 aliphatic heterocycles. The smallest absolute Gasteiger partial charge is 0.0213 e. The van der Waals surface area contributed by atoms with Crippen LogP contribution in [-0.4, -0.2) is 6.04 Å². The van der Waals surface area contributed by atoms with E-state index in [2.05, 4.69) is 51.2 Å². The first kappa shape index (κ1) is 13.6. The van der Waals surface area contributed by atoms with Crippen molar-refractivity contribution in [2.75, 3.05) is 0 Å². The molecule has 2 rings (SSSR count). The van der Waals surface area contributed by atoms with E-state index in [0.29, 0.717) is 6.04 Å². The minimum absolute atomic E-state index is 0.709. The van der Waals surface area contributed by atoms with E-state index in [1.54, 1.807) is 0 Å². The van der Waals surface area contributed by atoms with Gasteiger partial charge >= 0.3 is 0 Å². The second-order valence-electron chi connectivity index (χ2n) is 6.25. The molecule has 1 aliphatic carbocycles. The van der Waals surface area contributed by atoms with Gasteiger partial charge in [-0.15, -0.1) is 0 Å². The van der Waals surface area contributed by atoms with Crippen molar-refractivity contribution in [3.63, 3.8) is 0 Å². The molecule has 1 N–H and O–H groups in total. The number of hydrogen-bond donors (Lipinski definition) is 1. The van der Waals surface area contributed by atoms with Crippen LogP contribution in [0.4, 0.5) is 0 Å². The first-order chi connectivity index (χ1) is 8.58. The van der Waals surface area contributed by atoms with Crippen LogP contribution in [0.5, 0.6) is 0 Å². The van der Waals surface area contributed by atoms with Crippen molar-refractivity contribution in [2.45, 2.75) is 59.5 Å². The number of rotatable bonds is 3. The summed E-state index contributed by atoms with van der Waals surface area (Å²) in [7, 11) is 0. The molecule has 100 valence electrons. The second kappa shape index (κ2) is 5.88. The predicted octanol–water partition coefficient (Wildman–Crippen LogP) is 4.22. The van der Waals surface area contributed by atoms with E-state index in [1.807, 2.05) is 0 Å². The Kier molecular flexibility index (Phi) is 4.45. The fourth-order valence-electron chi connectivity index (χ4n) is 3.33. The molecule has 1 nitrogen and oxygen atoms in total. The van der Waals surface area contributed by atoms with E-state index in [4.69, 9.17) is 0 Å². The molecule has 1 fully saturated rings. The third-order valence-corrected chi connectivity index (χ3v) is 4.62. The van der Waals surface area contributed by atoms with Crippen LogP contribution in [-0.2, 0) is 6.54 Å². The summed E-state index contributed by atoms with van der Waals surface area (Å²) < 4.78 is 0. The Hall–Kier alpha value is -0.820. The standard InChI is InChI=1S/C17H27N/c1-12-8-9-17(15(4)10-12)18-11-16-13(2)6-5-7-14(16)3/h5-7,12,15,17-18H,8-11H2,1-4H3. The van der Waals surface area contributed by atoms with Crippen molar-refractivity contribution in [2.24, 2.45) is 11.8 Å². The zero-order valence-electron chi connectivity index (χ0n) is 12.3. The average Bonchev–Trinajstić information content (AvgIpc) is 2.31. The molecule has 0 aromatic heterocycles. The topological polar surface area (TPSA) is 12.0 Å². The van der Waals surface area contributed by atoms with Gasteiger partial charge in [-0.2, -0.15) is 0 Å². The van der Waals surface area contributed by atoms with Gasteiger partial charge < -0.3 is 5.32 Å². The Morgan fingerprint density at radius 2 is 1.78 bits per heavy atom. The van der Waals surface area contributed by atoms with Gasteiger partial charge in [0, 0.05) is 12.6 Å². The van der Waals surface area contributed by atoms with Gasteiger partial charge in [0.05, 0.1) is 0 Å². The van der Waals surface area contributed by atoms with Gasteiger partial charge in [0.25, 0.3) is 0 Å². The van der Waals surface area contributed by atoms with Crippen molar-refractivity contribution in [1.29, 1.82) is 0 Å². The van der Waals surface area contributed by atoms with Crippen LogP contribution in [0.1, 0.15) is 49.8 Å². The quantitative estimate of drug-likeness (QED) is 0.841. The highest BCUT2D eigenvalue weighted by atomic mass is 14.9. The van der Waals surface area contributed by atoms with Gasteiger partial charge in [0.15, 0.2) is 0 Å². The van der Waals surface area contributed by atoms with Gasteiger partial charge in [-0.25, -0.2) is 0 Å². The highest BCUT2D eigenvalue weighted by molar-refractivity contribution is 5.33. The van der Waals surface area contributed by atoms with E-state index >= 15 is 0 Å². The summed E-state index contributed by atoms with van der Waals surface area (Å²) in [5.74, 6) is 1.73. The lowest BCUT2D eigenvalue weighted by atomic mass is 9.80. The molecule has 3 atom stereocenters. The highest BCUT2D eigenvalue weighted by Gasteiger charge is 2.24. The van der Waals surface area contributed by atoms with E-state index in [-0.39, 0.29) is 0 Å². The van der Waals surface area contributed by atoms with Crippen molar-refractivity contribution in [1.82, 2.24) is 5.32 Å². The average molecular weight is 245 g/mol. The summed E-state index contributed by atoms with van der Waals surface area (Å²) in [6, 6.07) is 7.30. The molecule has 3 unspecified atom stereocenters. The summed E-state index contributed by atoms with van der Waals surface area (Å²) in [4.78, 5) is 0. The zero-order chi connectivity index (χ0) is 13.1. The lowest BCUT2D eigenvalue weighted by Crippen LogP contribution is -2.38. The summed E-state index contributed by atoms with van der Waals surface area (Å²) in [5, 5.41) is 3.79. The second-order valence-corrected chi connectivity index (χ2v) is 6.25. The monoisotopic (exact) mass is 245 g/mol. The normalized spacial score (nSPS) is 28.3. The highest BCUT2D eigenvalue weighted by Crippen LogP contribution is 2.29. The molecule has 1 aliphatic rings. The Morgan fingerprint density at radius 1 is 1.11 bits per heavy atom. The Morgan fingerprint density at radius 3 is 2.39 bits per heavy atom. The zero-order valence-corrected chi connectivity index (χ0v) is 12.3. The van der Waals surface area contributed by atoms with Gasteiger partial charge in [-0.1, -0.05) is 32.0 Å². The van der Waals surface area contributed by atoms with Crippen molar-refractivity contribution < 1.29 is 0 Å². The molecule has 0 saturated heterocycles. The first-order valence-corrected chi connectivity index (χ1v) is 7.36. The van der Waals surface area contributed by atoms with Crippen LogP contribution in [0, 0.1) is 25.7 Å². The van der Waals surface area contributed by atoms with Crippen LogP contribution >= 0.6 is 0 Å². The number of hydrogen-bond acceptors (Lipinski definition) is 1. The maximum absolute atomic E-state index is 3.79. The molecule has 18 heavy (non-hydrogen) atoms. The molecule has 0 heterocycles. The number of aryl methyl sites for hydroxylation is 2. The van der Waals surface area contributed by atoms with Crippen molar-refractivity contribution >= 4 is 0 Å². The van der Waals surface area contributed by atoms with Crippen LogP contribution in [0.15, 0.2) is 18.2 Å². The summed E-state index contributed by atoms with van der Waals surface area (Å²) in [6.07, 6.45) is 4.10. The minimum Gasteiger partial charge on any atom is -0.310 e. The molecule has 0 amide bonds. The lowest BCUT2D eigenvalue weighted by molar-refractivity contribution is 0.227. The molecular formula is C17H27N. The maximum Gasteiger partial charge on any atom is 0.0213 e. The fraction of sp³-hybridized carbons (Fsp3) is 0.647. The SMILES string of the molecule is Cc1cccc(C)c1CNC1CCC(C)CC1C. The van der Waals surface area contributed by atoms with Crippen LogP contribution in [0.2, 0.25) is 0 Å². The van der Waals surface area contributed by atoms with Gasteiger partial charge in [-0.3, -0.25) is 0 Å². The van der Waals surface area contributed by atoms with Gasteiger partial charge in [-0.05, 0) is 61.6 Å². The minimum atomic E-state index is 0.709. The summed E-state index contributed by atoms with van der Waals surface area (Å²) in [5.41, 5.74) is 4.32. The lowest BCUT2D eigenvalue weighted by Gasteiger charge is -2.33. The van der Waals surface area contributed by atoms with Crippen LogP contribution in [0.3, 0.4) is 0 Å². The third kappa shape index (κ3) is 3.14. The van der Waals surface area contributed by atoms with E-state index in [1.165, 1.54) is 36.0 Å². The van der Waals surface area contributed by atoms with Crippen LogP contribution < -0.4 is 5.32 Å². The molecule has 0 spiro atoms. The molecule has 0 bridgehead atoms. The first-order valence-electron chi connectivity index (χ1n) is 7.36. The van der Waals surface area contributed by atoms with E-state index in [9.17, 15) is 0 Å². The molecular weight excluding hydrogens is 218 g/mol. The largest absolute Gasteiger partial charge is 0.310 e. The molecule has 0 radical (unpaired) electrons. The van der Waals surface area contributed by atoms with Gasteiger partial charge in [0.1, 0.15) is 0 Å². The van der Waals surface area contributed by atoms with Crippen molar-refractivity contribution in [3.8, 4) is 0 Å². The molecule has 1 heteroatoms. The summed E-state index contributed by atoms with van der Waals surface area (Å²) >= 11 is 0.